The maximum atomic E-state index is 12.0. The molecule has 1 heterocycles. The lowest BCUT2D eigenvalue weighted by Gasteiger charge is -2.07. The van der Waals surface area contributed by atoms with Crippen LogP contribution in [0.3, 0.4) is 0 Å². The lowest BCUT2D eigenvalue weighted by molar-refractivity contribution is -0.144. The second kappa shape index (κ2) is 3.83. The first-order valence-electron chi connectivity index (χ1n) is 4.52. The first-order chi connectivity index (χ1) is 7.85. The molecule has 1 aliphatic rings. The number of benzene rings is 1. The zero-order valence-corrected chi connectivity index (χ0v) is 9.86. The van der Waals surface area contributed by atoms with E-state index in [2.05, 4.69) is 0 Å². The summed E-state index contributed by atoms with van der Waals surface area (Å²) in [5.74, 6) is -1.62. The van der Waals surface area contributed by atoms with Gasteiger partial charge in [-0.15, -0.1) is 0 Å². The average Bonchev–Trinajstić information content (AvgIpc) is 2.50. The molecule has 5 nitrogen and oxygen atoms in total. The van der Waals surface area contributed by atoms with Crippen molar-refractivity contribution in [2.75, 3.05) is 0 Å². The highest BCUT2D eigenvalue weighted by atomic mass is 35.5. The third-order valence-electron chi connectivity index (χ3n) is 2.38. The van der Waals surface area contributed by atoms with E-state index in [0.29, 0.717) is 0 Å². The Morgan fingerprint density at radius 1 is 1.35 bits per heavy atom. The number of aliphatic hydroxyl groups is 1. The molecule has 1 aromatic rings. The molecule has 0 radical (unpaired) electrons. The van der Waals surface area contributed by atoms with E-state index in [9.17, 15) is 18.3 Å². The van der Waals surface area contributed by atoms with E-state index >= 15 is 0 Å². The van der Waals surface area contributed by atoms with E-state index in [4.69, 9.17) is 16.7 Å². The summed E-state index contributed by atoms with van der Waals surface area (Å²) in [6, 6.07) is 4.42. The highest BCUT2D eigenvalue weighted by Gasteiger charge is 2.38. The SMILES string of the molecule is O=C(O)C(O)C1=Cc2cccc(Cl)c2S1(=O)=O. The van der Waals surface area contributed by atoms with Gasteiger partial charge in [0, 0.05) is 0 Å². The van der Waals surface area contributed by atoms with Gasteiger partial charge in [-0.25, -0.2) is 13.2 Å². The Bertz CT molecular complexity index is 632. The van der Waals surface area contributed by atoms with E-state index in [1.807, 2.05) is 0 Å². The third kappa shape index (κ3) is 1.74. The predicted molar refractivity (Wildman–Crippen MR) is 60.3 cm³/mol. The number of aliphatic carboxylic acids is 1. The van der Waals surface area contributed by atoms with Gasteiger partial charge in [0.2, 0.25) is 9.84 Å². The number of halogens is 1. The van der Waals surface area contributed by atoms with Gasteiger partial charge in [0.05, 0.1) is 14.8 Å². The Labute approximate surface area is 102 Å². The molecule has 1 aromatic carbocycles. The monoisotopic (exact) mass is 274 g/mol. The van der Waals surface area contributed by atoms with Gasteiger partial charge < -0.3 is 10.2 Å². The summed E-state index contributed by atoms with van der Waals surface area (Å²) in [6.45, 7) is 0. The lowest BCUT2D eigenvalue weighted by Crippen LogP contribution is -2.25. The summed E-state index contributed by atoms with van der Waals surface area (Å²) in [4.78, 5) is 9.90. The topological polar surface area (TPSA) is 91.7 Å². The fourth-order valence-corrected chi connectivity index (χ4v) is 3.78. The van der Waals surface area contributed by atoms with Crippen LogP contribution in [0.1, 0.15) is 5.56 Å². The molecule has 0 spiro atoms. The van der Waals surface area contributed by atoms with Crippen molar-refractivity contribution >= 4 is 33.5 Å². The van der Waals surface area contributed by atoms with Crippen LogP contribution in [-0.4, -0.2) is 30.7 Å². The van der Waals surface area contributed by atoms with Crippen LogP contribution < -0.4 is 0 Å². The van der Waals surface area contributed by atoms with Gasteiger partial charge >= 0.3 is 5.97 Å². The molecule has 0 aliphatic carbocycles. The van der Waals surface area contributed by atoms with Crippen molar-refractivity contribution in [1.82, 2.24) is 0 Å². The number of aliphatic hydroxyl groups excluding tert-OH is 1. The summed E-state index contributed by atoms with van der Waals surface area (Å²) in [5, 5.41) is 18.0. The predicted octanol–water partition coefficient (Wildman–Crippen LogP) is 0.914. The highest BCUT2D eigenvalue weighted by Crippen LogP contribution is 2.38. The molecule has 2 N–H and O–H groups in total. The summed E-state index contributed by atoms with van der Waals surface area (Å²) >= 11 is 5.76. The number of hydrogen-bond acceptors (Lipinski definition) is 4. The smallest absolute Gasteiger partial charge is 0.337 e. The molecule has 1 aliphatic heterocycles. The van der Waals surface area contributed by atoms with Crippen LogP contribution >= 0.6 is 11.6 Å². The molecule has 1 atom stereocenters. The Kier molecular flexibility index (Phi) is 2.73. The molecule has 90 valence electrons. The largest absolute Gasteiger partial charge is 0.479 e. The van der Waals surface area contributed by atoms with E-state index in [0.717, 1.165) is 6.08 Å². The molecule has 2 rings (SSSR count). The van der Waals surface area contributed by atoms with Crippen LogP contribution in [-0.2, 0) is 14.6 Å². The van der Waals surface area contributed by atoms with Crippen molar-refractivity contribution in [2.45, 2.75) is 11.0 Å². The van der Waals surface area contributed by atoms with Crippen LogP contribution in [0.25, 0.3) is 6.08 Å². The maximum absolute atomic E-state index is 12.0. The molecule has 0 bridgehead atoms. The minimum Gasteiger partial charge on any atom is -0.479 e. The first-order valence-corrected chi connectivity index (χ1v) is 6.38. The minimum absolute atomic E-state index is 0.00587. The van der Waals surface area contributed by atoms with Gasteiger partial charge in [0.25, 0.3) is 0 Å². The number of carboxylic acid groups (broad SMARTS) is 1. The molecule has 0 amide bonds. The van der Waals surface area contributed by atoms with Crippen molar-refractivity contribution in [3.8, 4) is 0 Å². The lowest BCUT2D eigenvalue weighted by atomic mass is 10.2. The van der Waals surface area contributed by atoms with Crippen molar-refractivity contribution in [2.24, 2.45) is 0 Å². The molecule has 7 heteroatoms. The number of fused-ring (bicyclic) bond motifs is 1. The number of carboxylic acids is 1. The van der Waals surface area contributed by atoms with Crippen LogP contribution in [0.2, 0.25) is 5.02 Å². The Balaban J connectivity index is 2.66. The quantitative estimate of drug-likeness (QED) is 0.836. The zero-order valence-electron chi connectivity index (χ0n) is 8.29. The van der Waals surface area contributed by atoms with Crippen LogP contribution in [0.5, 0.6) is 0 Å². The normalized spacial score (nSPS) is 18.4. The van der Waals surface area contributed by atoms with Crippen LogP contribution in [0, 0.1) is 0 Å². The summed E-state index contributed by atoms with van der Waals surface area (Å²) < 4.78 is 23.9. The Morgan fingerprint density at radius 2 is 2.00 bits per heavy atom. The molecular formula is C10H7ClO5S. The number of sulfone groups is 1. The average molecular weight is 275 g/mol. The van der Waals surface area contributed by atoms with Gasteiger partial charge in [-0.05, 0) is 17.7 Å². The molecule has 0 saturated carbocycles. The zero-order chi connectivity index (χ0) is 12.8. The standard InChI is InChI=1S/C10H7ClO5S/c11-6-3-1-2-5-4-7(8(12)10(13)14)17(15,16)9(5)6/h1-4,8,12H,(H,13,14). The molecule has 0 fully saturated rings. The molecule has 1 unspecified atom stereocenters. The maximum Gasteiger partial charge on any atom is 0.337 e. The van der Waals surface area contributed by atoms with Gasteiger partial charge in [-0.3, -0.25) is 0 Å². The van der Waals surface area contributed by atoms with E-state index in [1.54, 1.807) is 6.07 Å². The Morgan fingerprint density at radius 3 is 2.53 bits per heavy atom. The molecule has 0 aromatic heterocycles. The first kappa shape index (κ1) is 12.1. The highest BCUT2D eigenvalue weighted by molar-refractivity contribution is 7.96. The van der Waals surface area contributed by atoms with Gasteiger partial charge in [0.1, 0.15) is 0 Å². The van der Waals surface area contributed by atoms with Gasteiger partial charge in [-0.1, -0.05) is 23.7 Å². The van der Waals surface area contributed by atoms with Crippen LogP contribution in [0.4, 0.5) is 0 Å². The second-order valence-electron chi connectivity index (χ2n) is 3.45. The van der Waals surface area contributed by atoms with Gasteiger partial charge in [-0.2, -0.15) is 0 Å². The summed E-state index contributed by atoms with van der Waals surface area (Å²) in [7, 11) is -4.02. The Hall–Kier alpha value is -1.37. The number of rotatable bonds is 2. The number of carbonyl (C=O) groups is 1. The van der Waals surface area contributed by atoms with E-state index in [-0.39, 0.29) is 15.5 Å². The second-order valence-corrected chi connectivity index (χ2v) is 5.74. The van der Waals surface area contributed by atoms with Gasteiger partial charge in [0.15, 0.2) is 6.10 Å². The number of hydrogen-bond donors (Lipinski definition) is 2. The van der Waals surface area contributed by atoms with E-state index < -0.39 is 26.8 Å². The molecule has 17 heavy (non-hydrogen) atoms. The molecule has 0 saturated heterocycles. The van der Waals surface area contributed by atoms with Crippen molar-refractivity contribution in [1.29, 1.82) is 0 Å². The summed E-state index contributed by atoms with van der Waals surface area (Å²) in [5.41, 5.74) is 0.285. The van der Waals surface area contributed by atoms with Crippen molar-refractivity contribution < 1.29 is 23.4 Å². The van der Waals surface area contributed by atoms with Crippen LogP contribution in [0.15, 0.2) is 28.0 Å². The van der Waals surface area contributed by atoms with Crippen molar-refractivity contribution in [3.05, 3.63) is 33.7 Å². The van der Waals surface area contributed by atoms with E-state index in [1.165, 1.54) is 12.1 Å². The molecular weight excluding hydrogens is 268 g/mol. The van der Waals surface area contributed by atoms with Crippen molar-refractivity contribution in [3.63, 3.8) is 0 Å². The minimum atomic E-state index is -4.02. The summed E-state index contributed by atoms with van der Waals surface area (Å²) in [6.07, 6.45) is -0.960. The fourth-order valence-electron chi connectivity index (χ4n) is 1.62. The third-order valence-corrected chi connectivity index (χ3v) is 4.76. The fraction of sp³-hybridized carbons (Fsp3) is 0.100.